The zero-order valence-electron chi connectivity index (χ0n) is 13.6. The molecule has 2 heterocycles. The summed E-state index contributed by atoms with van der Waals surface area (Å²) in [6.07, 6.45) is 0. The van der Waals surface area contributed by atoms with Crippen molar-refractivity contribution in [3.05, 3.63) is 53.6 Å². The normalized spacial score (nSPS) is 20.3. The molecular weight excluding hydrogens is 292 g/mol. The summed E-state index contributed by atoms with van der Waals surface area (Å²) in [5.74, 6) is 1.33. The highest BCUT2D eigenvalue weighted by molar-refractivity contribution is 5.56. The summed E-state index contributed by atoms with van der Waals surface area (Å²) in [7, 11) is 1.65. The van der Waals surface area contributed by atoms with Crippen LogP contribution in [0.15, 0.2) is 42.5 Å². The van der Waals surface area contributed by atoms with Crippen LogP contribution in [0.4, 0.5) is 0 Å². The van der Waals surface area contributed by atoms with E-state index in [1.807, 2.05) is 42.5 Å². The lowest BCUT2D eigenvalue weighted by Crippen LogP contribution is -2.47. The van der Waals surface area contributed by atoms with E-state index >= 15 is 0 Å². The molecule has 1 saturated heterocycles. The molecule has 0 N–H and O–H groups in total. The number of benzene rings is 2. The van der Waals surface area contributed by atoms with E-state index in [0.29, 0.717) is 13.2 Å². The topological polar surface area (TPSA) is 36.9 Å². The number of methoxy groups -OCH3 is 1. The van der Waals surface area contributed by atoms with Crippen LogP contribution in [-0.2, 0) is 15.3 Å². The van der Waals surface area contributed by atoms with E-state index in [4.69, 9.17) is 18.9 Å². The van der Waals surface area contributed by atoms with Crippen molar-refractivity contribution in [2.24, 2.45) is 5.41 Å². The minimum Gasteiger partial charge on any atom is -0.497 e. The first-order chi connectivity index (χ1) is 11.0. The Bertz CT molecular complexity index is 741. The molecule has 2 aliphatic rings. The Kier molecular flexibility index (Phi) is 3.15. The van der Waals surface area contributed by atoms with E-state index in [1.54, 1.807) is 7.11 Å². The summed E-state index contributed by atoms with van der Waals surface area (Å²) in [6.45, 7) is 5.49. The van der Waals surface area contributed by atoms with E-state index < -0.39 is 5.79 Å². The molecule has 0 amide bonds. The molecule has 4 heteroatoms. The maximum atomic E-state index is 6.32. The summed E-state index contributed by atoms with van der Waals surface area (Å²) in [6, 6.07) is 13.6. The largest absolute Gasteiger partial charge is 0.497 e. The molecule has 23 heavy (non-hydrogen) atoms. The van der Waals surface area contributed by atoms with Gasteiger partial charge in [-0.1, -0.05) is 26.0 Å². The summed E-state index contributed by atoms with van der Waals surface area (Å²) in [4.78, 5) is 0. The van der Waals surface area contributed by atoms with E-state index in [-0.39, 0.29) is 5.41 Å². The quantitative estimate of drug-likeness (QED) is 0.795. The maximum absolute atomic E-state index is 6.32. The molecule has 0 atom stereocenters. The molecule has 120 valence electrons. The van der Waals surface area contributed by atoms with Crippen LogP contribution in [-0.4, -0.2) is 20.3 Å². The molecule has 2 aliphatic heterocycles. The lowest BCUT2D eigenvalue weighted by Gasteiger charge is -2.46. The second kappa shape index (κ2) is 4.98. The fraction of sp³-hybridized carbons (Fsp3) is 0.368. The molecule has 0 radical (unpaired) electrons. The van der Waals surface area contributed by atoms with Gasteiger partial charge in [0.25, 0.3) is 0 Å². The van der Waals surface area contributed by atoms with Gasteiger partial charge in [0, 0.05) is 5.41 Å². The van der Waals surface area contributed by atoms with Crippen LogP contribution < -0.4 is 9.47 Å². The number of rotatable bonds is 1. The van der Waals surface area contributed by atoms with Gasteiger partial charge in [-0.3, -0.25) is 0 Å². The van der Waals surface area contributed by atoms with Crippen molar-refractivity contribution < 1.29 is 18.9 Å². The summed E-state index contributed by atoms with van der Waals surface area (Å²) in [5.41, 5.74) is 1.74. The number of fused-ring (bicyclic) bond motifs is 4. The van der Waals surface area contributed by atoms with Crippen LogP contribution in [0.25, 0.3) is 0 Å². The average Bonchev–Trinajstić information content (AvgIpc) is 2.57. The van der Waals surface area contributed by atoms with Crippen LogP contribution in [0.5, 0.6) is 17.2 Å². The van der Waals surface area contributed by atoms with Gasteiger partial charge < -0.3 is 18.9 Å². The van der Waals surface area contributed by atoms with Crippen molar-refractivity contribution in [2.75, 3.05) is 20.3 Å². The highest BCUT2D eigenvalue weighted by Crippen LogP contribution is 2.52. The third kappa shape index (κ3) is 2.21. The molecule has 4 nitrogen and oxygen atoms in total. The highest BCUT2D eigenvalue weighted by atomic mass is 16.7. The monoisotopic (exact) mass is 312 g/mol. The third-order valence-corrected chi connectivity index (χ3v) is 4.34. The molecule has 2 aromatic rings. The van der Waals surface area contributed by atoms with Gasteiger partial charge in [-0.05, 0) is 30.3 Å². The van der Waals surface area contributed by atoms with Crippen molar-refractivity contribution in [1.82, 2.24) is 0 Å². The molecular formula is C19H20O4. The molecule has 1 fully saturated rings. The fourth-order valence-corrected chi connectivity index (χ4v) is 3.06. The first kappa shape index (κ1) is 14.5. The number of hydrogen-bond donors (Lipinski definition) is 0. The van der Waals surface area contributed by atoms with Gasteiger partial charge in [-0.25, -0.2) is 0 Å². The van der Waals surface area contributed by atoms with Crippen LogP contribution in [0.1, 0.15) is 25.0 Å². The van der Waals surface area contributed by atoms with Gasteiger partial charge in [0.2, 0.25) is 5.79 Å². The lowest BCUT2D eigenvalue weighted by molar-refractivity contribution is -0.286. The predicted molar refractivity (Wildman–Crippen MR) is 86.0 cm³/mol. The van der Waals surface area contributed by atoms with Gasteiger partial charge in [0.15, 0.2) is 0 Å². The van der Waals surface area contributed by atoms with E-state index in [1.165, 1.54) is 0 Å². The van der Waals surface area contributed by atoms with Gasteiger partial charge in [-0.15, -0.1) is 0 Å². The minimum atomic E-state index is -0.936. The van der Waals surface area contributed by atoms with Crippen LogP contribution in [0.2, 0.25) is 0 Å². The molecule has 0 bridgehead atoms. The van der Waals surface area contributed by atoms with Gasteiger partial charge in [0.1, 0.15) is 17.2 Å². The third-order valence-electron chi connectivity index (χ3n) is 4.34. The van der Waals surface area contributed by atoms with Gasteiger partial charge in [-0.2, -0.15) is 0 Å². The van der Waals surface area contributed by atoms with Crippen LogP contribution in [0, 0.1) is 5.41 Å². The zero-order valence-corrected chi connectivity index (χ0v) is 13.6. The first-order valence-electron chi connectivity index (χ1n) is 7.78. The molecule has 4 rings (SSSR count). The van der Waals surface area contributed by atoms with Crippen LogP contribution in [0.3, 0.4) is 0 Å². The summed E-state index contributed by atoms with van der Waals surface area (Å²) in [5, 5.41) is 0. The van der Waals surface area contributed by atoms with Crippen molar-refractivity contribution in [3.8, 4) is 17.2 Å². The standard InChI is InChI=1S/C19H20O4/c1-18(2)11-21-19(22-12-18)14-6-4-5-7-16(14)23-17-9-8-13(20-3)10-15(17)19/h4-10H,11-12H2,1-3H3. The van der Waals surface area contributed by atoms with Gasteiger partial charge >= 0.3 is 0 Å². The molecule has 0 saturated carbocycles. The van der Waals surface area contributed by atoms with Crippen molar-refractivity contribution in [2.45, 2.75) is 19.6 Å². The Morgan fingerprint density at radius 1 is 0.913 bits per heavy atom. The number of hydrogen-bond acceptors (Lipinski definition) is 4. The predicted octanol–water partition coefficient (Wildman–Crippen LogP) is 4.08. The Labute approximate surface area is 135 Å². The van der Waals surface area contributed by atoms with E-state index in [0.717, 1.165) is 28.4 Å². The first-order valence-corrected chi connectivity index (χ1v) is 7.78. The Balaban J connectivity index is 1.90. The Hall–Kier alpha value is -2.04. The Morgan fingerprint density at radius 2 is 1.61 bits per heavy atom. The van der Waals surface area contributed by atoms with Crippen molar-refractivity contribution >= 4 is 0 Å². The smallest absolute Gasteiger partial charge is 0.229 e. The number of ether oxygens (including phenoxy) is 4. The summed E-state index contributed by atoms with van der Waals surface area (Å²) >= 11 is 0. The highest BCUT2D eigenvalue weighted by Gasteiger charge is 2.49. The second-order valence-electron chi connectivity index (χ2n) is 6.82. The second-order valence-corrected chi connectivity index (χ2v) is 6.82. The fourth-order valence-electron chi connectivity index (χ4n) is 3.06. The van der Waals surface area contributed by atoms with E-state index in [2.05, 4.69) is 13.8 Å². The summed E-state index contributed by atoms with van der Waals surface area (Å²) < 4.78 is 24.1. The minimum absolute atomic E-state index is 0.0163. The molecule has 2 aromatic carbocycles. The van der Waals surface area contributed by atoms with Gasteiger partial charge in [0.05, 0.1) is 31.5 Å². The number of para-hydroxylation sites is 1. The van der Waals surface area contributed by atoms with Crippen molar-refractivity contribution in [3.63, 3.8) is 0 Å². The lowest BCUT2D eigenvalue weighted by atomic mass is 9.88. The SMILES string of the molecule is COc1ccc2c(c1)C1(OCC(C)(C)CO1)c1ccccc1O2. The molecule has 1 spiro atoms. The average molecular weight is 312 g/mol. The molecule has 0 aromatic heterocycles. The molecule has 0 unspecified atom stereocenters. The van der Waals surface area contributed by atoms with Crippen LogP contribution >= 0.6 is 0 Å². The molecule has 0 aliphatic carbocycles. The van der Waals surface area contributed by atoms with Crippen molar-refractivity contribution in [1.29, 1.82) is 0 Å². The maximum Gasteiger partial charge on any atom is 0.229 e. The van der Waals surface area contributed by atoms with E-state index in [9.17, 15) is 0 Å². The zero-order chi connectivity index (χ0) is 16.1. The Morgan fingerprint density at radius 3 is 2.35 bits per heavy atom.